The monoisotopic (exact) mass is 723 g/mol. The Labute approximate surface area is 236 Å². The maximum absolute atomic E-state index is 10.4. The lowest BCUT2D eigenvalue weighted by Crippen LogP contribution is -2.25. The maximum atomic E-state index is 10.4. The molecule has 35 heavy (non-hydrogen) atoms. The SMILES string of the molecule is CC(C)(c1ccc(OC[C@@H](O)CCl)cc1)c1ccc(OC[C@@H](O)Cn2nnc(CO)c2I)c([123I])c1. The Bertz CT molecular complexity index is 1110. The molecule has 0 aliphatic heterocycles. The molecule has 0 unspecified atom stereocenters. The van der Waals surface area contributed by atoms with Crippen molar-refractivity contribution in [3.63, 3.8) is 0 Å². The van der Waals surface area contributed by atoms with Gasteiger partial charge in [-0.05, 0) is 80.6 Å². The molecule has 3 N–H and O–H groups in total. The Hall–Kier alpha value is -1.19. The molecule has 0 spiro atoms. The van der Waals surface area contributed by atoms with E-state index in [0.717, 1.165) is 14.7 Å². The number of aliphatic hydroxyl groups is 3. The lowest BCUT2D eigenvalue weighted by Gasteiger charge is -2.27. The van der Waals surface area contributed by atoms with Gasteiger partial charge in [-0.15, -0.1) is 16.7 Å². The third-order valence-electron chi connectivity index (χ3n) is 5.55. The number of benzene rings is 2. The molecule has 0 saturated carbocycles. The number of halogens is 3. The third kappa shape index (κ3) is 7.41. The lowest BCUT2D eigenvalue weighted by molar-refractivity contribution is 0.0877. The second-order valence-electron chi connectivity index (χ2n) is 8.55. The minimum absolute atomic E-state index is 0.100. The Morgan fingerprint density at radius 2 is 1.71 bits per heavy atom. The van der Waals surface area contributed by atoms with Gasteiger partial charge in [0.25, 0.3) is 0 Å². The predicted octanol–water partition coefficient (Wildman–Crippen LogP) is 3.72. The van der Waals surface area contributed by atoms with Crippen molar-refractivity contribution < 1.29 is 24.8 Å². The van der Waals surface area contributed by atoms with Crippen LogP contribution in [-0.4, -0.2) is 61.6 Å². The normalized spacial score (nSPS) is 13.5. The molecular formula is C24H28ClI2N3O5. The molecule has 0 fully saturated rings. The molecule has 0 amide bonds. The summed E-state index contributed by atoms with van der Waals surface area (Å²) in [6.45, 7) is 4.58. The van der Waals surface area contributed by atoms with E-state index >= 15 is 0 Å². The van der Waals surface area contributed by atoms with Gasteiger partial charge in [0, 0.05) is 5.41 Å². The summed E-state index contributed by atoms with van der Waals surface area (Å²) in [5.41, 5.74) is 2.46. The van der Waals surface area contributed by atoms with Crippen molar-refractivity contribution in [2.75, 3.05) is 19.1 Å². The topological polar surface area (TPSA) is 110 Å². The second kappa shape index (κ2) is 12.9. The molecule has 0 aliphatic rings. The summed E-state index contributed by atoms with van der Waals surface area (Å²) < 4.78 is 14.6. The first-order valence-electron chi connectivity index (χ1n) is 10.9. The van der Waals surface area contributed by atoms with Crippen LogP contribution in [0.3, 0.4) is 0 Å². The van der Waals surface area contributed by atoms with E-state index in [0.29, 0.717) is 20.9 Å². The molecule has 0 saturated heterocycles. The summed E-state index contributed by atoms with van der Waals surface area (Å²) in [5, 5.41) is 37.0. The Balaban J connectivity index is 1.62. The van der Waals surface area contributed by atoms with Gasteiger partial charge in [0.1, 0.15) is 46.3 Å². The number of aliphatic hydroxyl groups excluding tert-OH is 3. The van der Waals surface area contributed by atoms with E-state index in [4.69, 9.17) is 21.1 Å². The first-order valence-corrected chi connectivity index (χ1v) is 13.6. The van der Waals surface area contributed by atoms with E-state index in [1.807, 2.05) is 59.0 Å². The first-order chi connectivity index (χ1) is 16.6. The molecule has 1 heterocycles. The summed E-state index contributed by atoms with van der Waals surface area (Å²) >= 11 is 9.89. The van der Waals surface area contributed by atoms with Crippen molar-refractivity contribution in [2.24, 2.45) is 0 Å². The number of nitrogens with zero attached hydrogens (tertiary/aromatic N) is 3. The summed E-state index contributed by atoms with van der Waals surface area (Å²) in [6.07, 6.45) is -1.47. The first kappa shape index (κ1) is 28.4. The Kier molecular flexibility index (Phi) is 10.4. The number of hydrogen-bond acceptors (Lipinski definition) is 7. The van der Waals surface area contributed by atoms with Gasteiger partial charge in [-0.25, -0.2) is 4.68 Å². The number of alkyl halides is 1. The molecule has 3 aromatic rings. The highest BCUT2D eigenvalue weighted by atomic mass is 127. The molecule has 1 aromatic heterocycles. The minimum Gasteiger partial charge on any atom is -0.491 e. The highest BCUT2D eigenvalue weighted by Crippen LogP contribution is 2.35. The van der Waals surface area contributed by atoms with Gasteiger partial charge >= 0.3 is 0 Å². The summed E-state index contributed by atoms with van der Waals surface area (Å²) in [6, 6.07) is 13.8. The summed E-state index contributed by atoms with van der Waals surface area (Å²) in [4.78, 5) is 0. The molecule has 0 aliphatic carbocycles. The Morgan fingerprint density at radius 1 is 1.06 bits per heavy atom. The van der Waals surface area contributed by atoms with Gasteiger partial charge in [0.15, 0.2) is 0 Å². The number of aromatic nitrogens is 3. The van der Waals surface area contributed by atoms with Crippen molar-refractivity contribution in [1.82, 2.24) is 15.0 Å². The van der Waals surface area contributed by atoms with E-state index in [-0.39, 0.29) is 37.7 Å². The molecule has 3 rings (SSSR count). The van der Waals surface area contributed by atoms with Crippen LogP contribution in [-0.2, 0) is 18.6 Å². The maximum Gasteiger partial charge on any atom is 0.132 e. The smallest absolute Gasteiger partial charge is 0.132 e. The average molecular weight is 724 g/mol. The molecule has 190 valence electrons. The van der Waals surface area contributed by atoms with Crippen LogP contribution in [0.2, 0.25) is 0 Å². The highest BCUT2D eigenvalue weighted by Gasteiger charge is 2.24. The van der Waals surface area contributed by atoms with E-state index in [2.05, 4.69) is 52.8 Å². The molecule has 2 atom stereocenters. The largest absolute Gasteiger partial charge is 0.491 e. The van der Waals surface area contributed by atoms with Crippen LogP contribution in [0.25, 0.3) is 0 Å². The van der Waals surface area contributed by atoms with Crippen LogP contribution in [0.15, 0.2) is 42.5 Å². The Morgan fingerprint density at radius 3 is 2.31 bits per heavy atom. The second-order valence-corrected chi connectivity index (χ2v) is 11.0. The molecule has 2 aromatic carbocycles. The summed E-state index contributed by atoms with van der Waals surface area (Å²) in [7, 11) is 0. The third-order valence-corrected chi connectivity index (χ3v) is 7.93. The van der Waals surface area contributed by atoms with Gasteiger partial charge in [0.2, 0.25) is 0 Å². The summed E-state index contributed by atoms with van der Waals surface area (Å²) in [5.74, 6) is 1.50. The standard InChI is InChI=1S/C24H28ClI2N3O5/c1-24(2,15-3-6-19(7-4-15)34-13-17(32)10-25)16-5-8-22(20(26)9-16)35-14-18(33)11-30-23(27)21(12-31)28-29-30/h3-9,17-18,31-33H,10-14H2,1-2H3/t17-,18-/m0/s1/i26-4. The van der Waals surface area contributed by atoms with E-state index in [1.54, 1.807) is 4.68 Å². The zero-order valence-electron chi connectivity index (χ0n) is 19.4. The van der Waals surface area contributed by atoms with E-state index in [1.165, 1.54) is 0 Å². The average Bonchev–Trinajstić information content (AvgIpc) is 3.20. The fraction of sp³-hybridized carbons (Fsp3) is 0.417. The van der Waals surface area contributed by atoms with Crippen LogP contribution in [0.4, 0.5) is 0 Å². The van der Waals surface area contributed by atoms with E-state index < -0.39 is 12.2 Å². The molecule has 11 heteroatoms. The van der Waals surface area contributed by atoms with Gasteiger partial charge in [-0.2, -0.15) is 0 Å². The number of ether oxygens (including phenoxy) is 2. The molecule has 0 bridgehead atoms. The van der Waals surface area contributed by atoms with Crippen molar-refractivity contribution in [3.8, 4) is 11.5 Å². The van der Waals surface area contributed by atoms with Gasteiger partial charge in [-0.3, -0.25) is 0 Å². The number of hydrogen-bond donors (Lipinski definition) is 3. The fourth-order valence-corrected chi connectivity index (χ4v) is 4.70. The zero-order chi connectivity index (χ0) is 25.6. The quantitative estimate of drug-likeness (QED) is 0.193. The zero-order valence-corrected chi connectivity index (χ0v) is 24.4. The van der Waals surface area contributed by atoms with Crippen molar-refractivity contribution >= 4 is 56.8 Å². The van der Waals surface area contributed by atoms with Crippen molar-refractivity contribution in [3.05, 3.63) is 66.6 Å². The van der Waals surface area contributed by atoms with Gasteiger partial charge in [0.05, 0.1) is 22.6 Å². The van der Waals surface area contributed by atoms with Gasteiger partial charge in [-0.1, -0.05) is 37.3 Å². The predicted molar refractivity (Wildman–Crippen MR) is 150 cm³/mol. The number of rotatable bonds is 12. The van der Waals surface area contributed by atoms with Crippen LogP contribution in [0.1, 0.15) is 30.7 Å². The van der Waals surface area contributed by atoms with Crippen LogP contribution >= 0.6 is 56.8 Å². The van der Waals surface area contributed by atoms with Crippen LogP contribution in [0, 0.1) is 7.27 Å². The molecule has 8 nitrogen and oxygen atoms in total. The van der Waals surface area contributed by atoms with E-state index in [9.17, 15) is 15.3 Å². The van der Waals surface area contributed by atoms with Crippen LogP contribution < -0.4 is 9.47 Å². The minimum atomic E-state index is -0.782. The fourth-order valence-electron chi connectivity index (χ4n) is 3.37. The van der Waals surface area contributed by atoms with Crippen molar-refractivity contribution in [1.29, 1.82) is 0 Å². The molecule has 0 radical (unpaired) electrons. The highest BCUT2D eigenvalue weighted by molar-refractivity contribution is 14.1. The van der Waals surface area contributed by atoms with Gasteiger partial charge < -0.3 is 24.8 Å². The lowest BCUT2D eigenvalue weighted by atomic mass is 9.78. The molecular weight excluding hydrogens is 696 g/mol. The van der Waals surface area contributed by atoms with Crippen LogP contribution in [0.5, 0.6) is 11.5 Å². The van der Waals surface area contributed by atoms with Crippen molar-refractivity contribution in [2.45, 2.75) is 44.6 Å².